The van der Waals surface area contributed by atoms with E-state index in [2.05, 4.69) is 16.4 Å². The number of nitrogens with zero attached hydrogens (tertiary/aromatic N) is 2. The van der Waals surface area contributed by atoms with E-state index in [1.807, 2.05) is 29.7 Å². The number of amides is 1. The second kappa shape index (κ2) is 5.94. The molecule has 0 saturated carbocycles. The number of aromatic nitrogens is 1. The molecule has 0 saturated heterocycles. The van der Waals surface area contributed by atoms with Crippen LogP contribution in [-0.4, -0.2) is 10.9 Å². The molecule has 2 aromatic rings. The van der Waals surface area contributed by atoms with Crippen molar-refractivity contribution < 1.29 is 4.79 Å². The number of benzene rings is 1. The highest BCUT2D eigenvalue weighted by Gasteiger charge is 2.00. The summed E-state index contributed by atoms with van der Waals surface area (Å²) in [5.41, 5.74) is 2.42. The minimum absolute atomic E-state index is 0.128. The highest BCUT2D eigenvalue weighted by Crippen LogP contribution is 2.17. The van der Waals surface area contributed by atoms with E-state index >= 15 is 0 Å². The van der Waals surface area contributed by atoms with E-state index in [1.54, 1.807) is 12.1 Å². The van der Waals surface area contributed by atoms with Gasteiger partial charge in [0.05, 0.1) is 17.3 Å². The van der Waals surface area contributed by atoms with Crippen LogP contribution < -0.4 is 5.32 Å². The largest absolute Gasteiger partial charge is 0.302 e. The fourth-order valence-corrected chi connectivity index (χ4v) is 2.15. The Bertz CT molecular complexity index is 650. The Labute approximate surface area is 115 Å². The molecule has 1 aromatic carbocycles. The minimum atomic E-state index is -0.128. The van der Waals surface area contributed by atoms with Crippen molar-refractivity contribution in [3.05, 3.63) is 46.5 Å². The fraction of sp³-hybridized carbons (Fsp3) is 0.0714. The fourth-order valence-electron chi connectivity index (χ4n) is 1.42. The molecule has 0 unspecified atom stereocenters. The van der Waals surface area contributed by atoms with Gasteiger partial charge < -0.3 is 5.32 Å². The minimum Gasteiger partial charge on any atom is -0.302 e. The molecule has 1 aromatic heterocycles. The van der Waals surface area contributed by atoms with Gasteiger partial charge in [0, 0.05) is 12.3 Å². The summed E-state index contributed by atoms with van der Waals surface area (Å²) >= 11 is 1.38. The molecule has 1 N–H and O–H groups in total. The summed E-state index contributed by atoms with van der Waals surface area (Å²) in [6.07, 6.45) is 3.77. The van der Waals surface area contributed by atoms with E-state index < -0.39 is 0 Å². The summed E-state index contributed by atoms with van der Waals surface area (Å²) in [7, 11) is 0. The molecular weight excluding hydrogens is 258 g/mol. The van der Waals surface area contributed by atoms with Crippen molar-refractivity contribution in [3.8, 4) is 6.07 Å². The number of nitrogens with one attached hydrogen (secondary N) is 1. The topological polar surface area (TPSA) is 65.8 Å². The lowest BCUT2D eigenvalue weighted by atomic mass is 10.1. The van der Waals surface area contributed by atoms with Crippen molar-refractivity contribution in [1.29, 1.82) is 5.26 Å². The van der Waals surface area contributed by atoms with Crippen LogP contribution in [0, 0.1) is 11.3 Å². The maximum Gasteiger partial charge on any atom is 0.223 e. The number of hydrogen-bond donors (Lipinski definition) is 1. The zero-order chi connectivity index (χ0) is 13.7. The Balaban J connectivity index is 2.07. The molecule has 0 fully saturated rings. The second-order valence-electron chi connectivity index (χ2n) is 3.83. The predicted molar refractivity (Wildman–Crippen MR) is 76.5 cm³/mol. The third-order valence-corrected chi connectivity index (χ3v) is 3.07. The molecule has 2 rings (SSSR count). The molecular formula is C14H11N3OS. The lowest BCUT2D eigenvalue weighted by molar-refractivity contribution is -0.114. The quantitative estimate of drug-likeness (QED) is 0.930. The van der Waals surface area contributed by atoms with Crippen LogP contribution in [0.15, 0.2) is 29.6 Å². The first kappa shape index (κ1) is 13.0. The van der Waals surface area contributed by atoms with Crippen LogP contribution in [-0.2, 0) is 4.79 Å². The predicted octanol–water partition coefficient (Wildman–Crippen LogP) is 3.14. The number of thiazole rings is 1. The van der Waals surface area contributed by atoms with Gasteiger partial charge in [0.1, 0.15) is 0 Å². The number of hydrogen-bond acceptors (Lipinski definition) is 4. The lowest BCUT2D eigenvalue weighted by Gasteiger charge is -1.93. The van der Waals surface area contributed by atoms with Crippen LogP contribution in [0.4, 0.5) is 5.13 Å². The first-order chi connectivity index (χ1) is 9.17. The Hall–Kier alpha value is -2.45. The maximum absolute atomic E-state index is 10.9. The molecule has 19 heavy (non-hydrogen) atoms. The molecule has 1 amide bonds. The smallest absolute Gasteiger partial charge is 0.223 e. The van der Waals surface area contributed by atoms with Crippen LogP contribution in [0.5, 0.6) is 0 Å². The summed E-state index contributed by atoms with van der Waals surface area (Å²) < 4.78 is 0. The van der Waals surface area contributed by atoms with Gasteiger partial charge in [0.2, 0.25) is 5.91 Å². The van der Waals surface area contributed by atoms with Gasteiger partial charge in [-0.05, 0) is 23.8 Å². The second-order valence-corrected chi connectivity index (χ2v) is 4.68. The third kappa shape index (κ3) is 3.76. The first-order valence-corrected chi connectivity index (χ1v) is 6.47. The number of carbonyl (C=O) groups excluding carboxylic acids is 1. The monoisotopic (exact) mass is 269 g/mol. The van der Waals surface area contributed by atoms with Gasteiger partial charge in [0.25, 0.3) is 0 Å². The van der Waals surface area contributed by atoms with Crippen LogP contribution in [0.25, 0.3) is 12.2 Å². The van der Waals surface area contributed by atoms with Crippen LogP contribution >= 0.6 is 11.3 Å². The molecule has 0 aliphatic heterocycles. The van der Waals surface area contributed by atoms with Crippen molar-refractivity contribution in [2.24, 2.45) is 0 Å². The van der Waals surface area contributed by atoms with Crippen LogP contribution in [0.3, 0.4) is 0 Å². The summed E-state index contributed by atoms with van der Waals surface area (Å²) in [6.45, 7) is 1.45. The van der Waals surface area contributed by atoms with Gasteiger partial charge in [-0.2, -0.15) is 5.26 Å². The van der Waals surface area contributed by atoms with Crippen LogP contribution in [0.1, 0.15) is 23.7 Å². The molecule has 0 bridgehead atoms. The molecule has 0 atom stereocenters. The zero-order valence-corrected chi connectivity index (χ0v) is 11.1. The van der Waals surface area contributed by atoms with Gasteiger partial charge in [-0.3, -0.25) is 4.79 Å². The molecule has 0 spiro atoms. The van der Waals surface area contributed by atoms with Crippen molar-refractivity contribution in [1.82, 2.24) is 4.98 Å². The summed E-state index contributed by atoms with van der Waals surface area (Å²) in [5, 5.41) is 13.8. The molecule has 94 valence electrons. The maximum atomic E-state index is 10.9. The Morgan fingerprint density at radius 1 is 1.37 bits per heavy atom. The summed E-state index contributed by atoms with van der Waals surface area (Å²) in [4.78, 5) is 15.1. The van der Waals surface area contributed by atoms with Gasteiger partial charge in [-0.15, -0.1) is 11.3 Å². The van der Waals surface area contributed by atoms with E-state index in [-0.39, 0.29) is 5.91 Å². The van der Waals surface area contributed by atoms with Gasteiger partial charge in [-0.25, -0.2) is 4.98 Å². The summed E-state index contributed by atoms with van der Waals surface area (Å²) in [6, 6.07) is 9.35. The number of anilines is 1. The normalized spacial score (nSPS) is 10.3. The molecule has 0 aliphatic rings. The Morgan fingerprint density at radius 3 is 2.74 bits per heavy atom. The lowest BCUT2D eigenvalue weighted by Crippen LogP contribution is -2.04. The van der Waals surface area contributed by atoms with E-state index in [4.69, 9.17) is 5.26 Å². The van der Waals surface area contributed by atoms with Crippen molar-refractivity contribution in [3.63, 3.8) is 0 Å². The standard InChI is InChI=1S/C14H11N3OS/c1-10(18)16-14-17-13(9-19-14)7-6-11-2-4-12(8-15)5-3-11/h2-7,9H,1H3,(H,16,17,18). The SMILES string of the molecule is CC(=O)Nc1nc(C=Cc2ccc(C#N)cc2)cs1. The van der Waals surface area contributed by atoms with Crippen molar-refractivity contribution in [2.45, 2.75) is 6.92 Å². The number of rotatable bonds is 3. The Morgan fingerprint density at radius 2 is 2.11 bits per heavy atom. The highest BCUT2D eigenvalue weighted by atomic mass is 32.1. The van der Waals surface area contributed by atoms with Crippen LogP contribution in [0.2, 0.25) is 0 Å². The van der Waals surface area contributed by atoms with Gasteiger partial charge >= 0.3 is 0 Å². The molecule has 4 nitrogen and oxygen atoms in total. The Kier molecular flexibility index (Phi) is 4.06. The van der Waals surface area contributed by atoms with Gasteiger partial charge in [-0.1, -0.05) is 18.2 Å². The van der Waals surface area contributed by atoms with E-state index in [0.29, 0.717) is 10.7 Å². The average Bonchev–Trinajstić information content (AvgIpc) is 2.84. The number of carbonyl (C=O) groups is 1. The molecule has 5 heteroatoms. The molecule has 1 heterocycles. The summed E-state index contributed by atoms with van der Waals surface area (Å²) in [5.74, 6) is -0.128. The highest BCUT2D eigenvalue weighted by molar-refractivity contribution is 7.14. The van der Waals surface area contributed by atoms with E-state index in [1.165, 1.54) is 18.3 Å². The van der Waals surface area contributed by atoms with Crippen molar-refractivity contribution in [2.75, 3.05) is 5.32 Å². The molecule has 0 aliphatic carbocycles. The molecule has 0 radical (unpaired) electrons. The third-order valence-electron chi connectivity index (χ3n) is 2.29. The van der Waals surface area contributed by atoms with E-state index in [0.717, 1.165) is 11.3 Å². The van der Waals surface area contributed by atoms with E-state index in [9.17, 15) is 4.79 Å². The van der Waals surface area contributed by atoms with Crippen molar-refractivity contribution >= 4 is 34.5 Å². The van der Waals surface area contributed by atoms with Gasteiger partial charge in [0.15, 0.2) is 5.13 Å². The average molecular weight is 269 g/mol. The first-order valence-electron chi connectivity index (χ1n) is 5.59. The number of nitriles is 1. The zero-order valence-electron chi connectivity index (χ0n) is 10.3.